The van der Waals surface area contributed by atoms with E-state index in [1.807, 2.05) is 19.2 Å². The summed E-state index contributed by atoms with van der Waals surface area (Å²) in [5.74, 6) is 2.00. The van der Waals surface area contributed by atoms with Crippen LogP contribution in [-0.2, 0) is 4.74 Å². The van der Waals surface area contributed by atoms with E-state index in [9.17, 15) is 0 Å². The molecule has 7 nitrogen and oxygen atoms in total. The Morgan fingerprint density at radius 2 is 2.29 bits per heavy atom. The molecule has 0 spiro atoms. The molecule has 3 rings (SSSR count). The molecule has 0 saturated carbocycles. The van der Waals surface area contributed by atoms with Crippen LogP contribution >= 0.6 is 0 Å². The van der Waals surface area contributed by atoms with Gasteiger partial charge in [0.15, 0.2) is 11.5 Å². The van der Waals surface area contributed by atoms with Crippen LogP contribution in [0.4, 0.5) is 11.6 Å². The summed E-state index contributed by atoms with van der Waals surface area (Å²) < 4.78 is 7.04. The van der Waals surface area contributed by atoms with Crippen molar-refractivity contribution >= 4 is 28.5 Å². The predicted octanol–water partition coefficient (Wildman–Crippen LogP) is 1.54. The number of nitrogens with one attached hydrogen (secondary N) is 2. The molecular formula is C14H20N6O. The van der Waals surface area contributed by atoms with Crippen molar-refractivity contribution in [3.63, 3.8) is 0 Å². The second-order valence-electron chi connectivity index (χ2n) is 5.25. The molecule has 112 valence electrons. The summed E-state index contributed by atoms with van der Waals surface area (Å²) >= 11 is 0. The molecule has 2 N–H and O–H groups in total. The average molecular weight is 288 g/mol. The lowest BCUT2D eigenvalue weighted by molar-refractivity contribution is 0.0985. The fourth-order valence-corrected chi connectivity index (χ4v) is 2.63. The maximum Gasteiger partial charge on any atom is 0.168 e. The predicted molar refractivity (Wildman–Crippen MR) is 83.5 cm³/mol. The molecule has 2 aromatic rings. The maximum atomic E-state index is 7.86. The van der Waals surface area contributed by atoms with Crippen molar-refractivity contribution in [2.45, 2.75) is 19.9 Å². The Hall–Kier alpha value is -2.15. The number of anilines is 2. The van der Waals surface area contributed by atoms with Crippen LogP contribution < -0.4 is 10.2 Å². The molecule has 3 heterocycles. The number of pyridine rings is 1. The van der Waals surface area contributed by atoms with Gasteiger partial charge in [-0.15, -0.1) is 5.10 Å². The standard InChI is InChI=1S/C14H20N6O/c1-9-8-21-7-6-19(9)12-5-4-11-13(16-3)18-20(10(2)15)14(11)17-12/h4-5,9,15H,6-8H2,1-3H3,(H,16,18). The number of morpholine rings is 1. The summed E-state index contributed by atoms with van der Waals surface area (Å²) in [5.41, 5.74) is 0.711. The number of fused-ring (bicyclic) bond motifs is 1. The smallest absolute Gasteiger partial charge is 0.168 e. The lowest BCUT2D eigenvalue weighted by atomic mass is 10.2. The molecule has 0 bridgehead atoms. The molecule has 1 saturated heterocycles. The van der Waals surface area contributed by atoms with E-state index in [2.05, 4.69) is 22.2 Å². The van der Waals surface area contributed by atoms with Crippen molar-refractivity contribution in [2.75, 3.05) is 37.0 Å². The SMILES string of the molecule is CNc1nn(C(C)=N)c2nc(N3CCOCC3C)ccc12. The maximum absolute atomic E-state index is 7.86. The van der Waals surface area contributed by atoms with E-state index >= 15 is 0 Å². The normalized spacial score (nSPS) is 19.0. The molecule has 0 radical (unpaired) electrons. The van der Waals surface area contributed by atoms with Gasteiger partial charge in [0.25, 0.3) is 0 Å². The van der Waals surface area contributed by atoms with E-state index in [0.717, 1.165) is 23.6 Å². The van der Waals surface area contributed by atoms with Crippen molar-refractivity contribution in [3.05, 3.63) is 12.1 Å². The molecule has 1 aliphatic rings. The number of hydrogen-bond donors (Lipinski definition) is 2. The van der Waals surface area contributed by atoms with E-state index in [1.165, 1.54) is 0 Å². The van der Waals surface area contributed by atoms with Crippen LogP contribution in [0.3, 0.4) is 0 Å². The van der Waals surface area contributed by atoms with Crippen LogP contribution in [0.5, 0.6) is 0 Å². The van der Waals surface area contributed by atoms with Gasteiger partial charge in [-0.05, 0) is 26.0 Å². The third kappa shape index (κ3) is 2.33. The topological polar surface area (TPSA) is 79.1 Å². The fraction of sp³-hybridized carbons (Fsp3) is 0.500. The first-order chi connectivity index (χ1) is 10.1. The highest BCUT2D eigenvalue weighted by Gasteiger charge is 2.22. The van der Waals surface area contributed by atoms with E-state index in [1.54, 1.807) is 11.6 Å². The summed E-state index contributed by atoms with van der Waals surface area (Å²) in [4.78, 5) is 6.96. The third-order valence-corrected chi connectivity index (χ3v) is 3.73. The zero-order valence-corrected chi connectivity index (χ0v) is 12.6. The Bertz CT molecular complexity index is 679. The Morgan fingerprint density at radius 1 is 1.48 bits per heavy atom. The van der Waals surface area contributed by atoms with Crippen LogP contribution in [0, 0.1) is 5.41 Å². The first kappa shape index (κ1) is 13.8. The molecular weight excluding hydrogens is 268 g/mol. The molecule has 0 amide bonds. The van der Waals surface area contributed by atoms with Crippen molar-refractivity contribution < 1.29 is 4.74 Å². The molecule has 1 unspecified atom stereocenters. The van der Waals surface area contributed by atoms with E-state index in [-0.39, 0.29) is 0 Å². The zero-order valence-electron chi connectivity index (χ0n) is 12.6. The summed E-state index contributed by atoms with van der Waals surface area (Å²) in [6.45, 7) is 6.09. The number of aromatic nitrogens is 3. The second-order valence-corrected chi connectivity index (χ2v) is 5.25. The first-order valence-electron chi connectivity index (χ1n) is 7.09. The van der Waals surface area contributed by atoms with Crippen LogP contribution in [-0.4, -0.2) is 53.4 Å². The van der Waals surface area contributed by atoms with Gasteiger partial charge in [0.2, 0.25) is 0 Å². The van der Waals surface area contributed by atoms with Gasteiger partial charge in [0.05, 0.1) is 24.6 Å². The van der Waals surface area contributed by atoms with Gasteiger partial charge >= 0.3 is 0 Å². The molecule has 1 atom stereocenters. The molecule has 2 aromatic heterocycles. The molecule has 0 aliphatic carbocycles. The van der Waals surface area contributed by atoms with Gasteiger partial charge in [-0.2, -0.15) is 4.68 Å². The third-order valence-electron chi connectivity index (χ3n) is 3.73. The summed E-state index contributed by atoms with van der Waals surface area (Å²) in [7, 11) is 1.82. The van der Waals surface area contributed by atoms with Gasteiger partial charge < -0.3 is 15.0 Å². The summed E-state index contributed by atoms with van der Waals surface area (Å²) in [5, 5.41) is 16.2. The fourth-order valence-electron chi connectivity index (χ4n) is 2.63. The van der Waals surface area contributed by atoms with Gasteiger partial charge in [-0.1, -0.05) is 0 Å². The van der Waals surface area contributed by atoms with E-state index < -0.39 is 0 Å². The van der Waals surface area contributed by atoms with Crippen LogP contribution in [0.1, 0.15) is 13.8 Å². The second kappa shape index (κ2) is 5.33. The molecule has 7 heteroatoms. The monoisotopic (exact) mass is 288 g/mol. The highest BCUT2D eigenvalue weighted by molar-refractivity contribution is 5.95. The van der Waals surface area contributed by atoms with Crippen LogP contribution in [0.25, 0.3) is 11.0 Å². The highest BCUT2D eigenvalue weighted by atomic mass is 16.5. The van der Waals surface area contributed by atoms with E-state index in [0.29, 0.717) is 30.7 Å². The minimum absolute atomic E-state index is 0.296. The number of hydrogen-bond acceptors (Lipinski definition) is 6. The molecule has 1 fully saturated rings. The molecule has 1 aliphatic heterocycles. The van der Waals surface area contributed by atoms with Gasteiger partial charge in [-0.3, -0.25) is 5.41 Å². The number of nitrogens with zero attached hydrogens (tertiary/aromatic N) is 4. The van der Waals surface area contributed by atoms with E-state index in [4.69, 9.17) is 15.1 Å². The highest BCUT2D eigenvalue weighted by Crippen LogP contribution is 2.25. The van der Waals surface area contributed by atoms with Crippen molar-refractivity contribution in [1.29, 1.82) is 5.41 Å². The molecule has 21 heavy (non-hydrogen) atoms. The summed E-state index contributed by atoms with van der Waals surface area (Å²) in [6.07, 6.45) is 0. The van der Waals surface area contributed by atoms with Gasteiger partial charge in [-0.25, -0.2) is 4.98 Å². The number of rotatable bonds is 2. The Kier molecular flexibility index (Phi) is 3.50. The van der Waals surface area contributed by atoms with Crippen molar-refractivity contribution in [1.82, 2.24) is 14.8 Å². The average Bonchev–Trinajstić information content (AvgIpc) is 2.85. The zero-order chi connectivity index (χ0) is 15.0. The lowest BCUT2D eigenvalue weighted by Gasteiger charge is -2.34. The van der Waals surface area contributed by atoms with Gasteiger partial charge in [0.1, 0.15) is 11.7 Å². The van der Waals surface area contributed by atoms with Crippen molar-refractivity contribution in [3.8, 4) is 0 Å². The Labute approximate surface area is 123 Å². The number of ether oxygens (including phenoxy) is 1. The van der Waals surface area contributed by atoms with Crippen LogP contribution in [0.15, 0.2) is 12.1 Å². The minimum atomic E-state index is 0.296. The first-order valence-corrected chi connectivity index (χ1v) is 7.09. The van der Waals surface area contributed by atoms with Crippen LogP contribution in [0.2, 0.25) is 0 Å². The lowest BCUT2D eigenvalue weighted by Crippen LogP contribution is -2.44. The minimum Gasteiger partial charge on any atom is -0.377 e. The quantitative estimate of drug-likeness (QED) is 0.647. The largest absolute Gasteiger partial charge is 0.377 e. The molecule has 0 aromatic carbocycles. The van der Waals surface area contributed by atoms with Gasteiger partial charge in [0, 0.05) is 13.6 Å². The summed E-state index contributed by atoms with van der Waals surface area (Å²) in [6, 6.07) is 4.32. The Balaban J connectivity index is 2.10. The van der Waals surface area contributed by atoms with Crippen molar-refractivity contribution in [2.24, 2.45) is 0 Å². The Morgan fingerprint density at radius 3 is 2.95 bits per heavy atom.